The Bertz CT molecular complexity index is 971. The molecule has 0 aliphatic carbocycles. The number of aromatic amines is 1. The van der Waals surface area contributed by atoms with E-state index in [0.717, 1.165) is 0 Å². The van der Waals surface area contributed by atoms with E-state index in [1.54, 1.807) is 12.1 Å². The van der Waals surface area contributed by atoms with E-state index in [0.29, 0.717) is 21.7 Å². The van der Waals surface area contributed by atoms with Gasteiger partial charge < -0.3 is 9.72 Å². The minimum absolute atomic E-state index is 0.175. The van der Waals surface area contributed by atoms with Crippen molar-refractivity contribution in [1.82, 2.24) is 15.8 Å². The third-order valence-electron chi connectivity index (χ3n) is 3.52. The van der Waals surface area contributed by atoms with E-state index in [4.69, 9.17) is 16.3 Å². The van der Waals surface area contributed by atoms with E-state index in [1.165, 1.54) is 37.4 Å². The van der Waals surface area contributed by atoms with Crippen LogP contribution in [0.4, 0.5) is 4.39 Å². The highest BCUT2D eigenvalue weighted by atomic mass is 35.5. The summed E-state index contributed by atoms with van der Waals surface area (Å²) in [6.07, 6.45) is 0. The molecule has 2 aromatic carbocycles. The number of ether oxygens (including phenoxy) is 1. The van der Waals surface area contributed by atoms with Crippen LogP contribution in [0.25, 0.3) is 10.9 Å². The van der Waals surface area contributed by atoms with Gasteiger partial charge in [-0.1, -0.05) is 11.6 Å². The fourth-order valence-electron chi connectivity index (χ4n) is 2.33. The first-order valence-corrected chi connectivity index (χ1v) is 7.58. The van der Waals surface area contributed by atoms with Gasteiger partial charge in [0.15, 0.2) is 0 Å². The SMILES string of the molecule is COc1ccc(Cl)cc1C(=O)NNC(=O)c1cc2cc(F)ccc2[nH]1. The number of methoxy groups -OCH3 is 1. The number of hydrogen-bond acceptors (Lipinski definition) is 3. The summed E-state index contributed by atoms with van der Waals surface area (Å²) in [4.78, 5) is 27.2. The van der Waals surface area contributed by atoms with Crippen LogP contribution in [0.2, 0.25) is 5.02 Å². The zero-order valence-electron chi connectivity index (χ0n) is 13.0. The molecule has 0 spiro atoms. The van der Waals surface area contributed by atoms with Crippen LogP contribution >= 0.6 is 11.6 Å². The normalized spacial score (nSPS) is 10.5. The van der Waals surface area contributed by atoms with Gasteiger partial charge in [0.2, 0.25) is 0 Å². The van der Waals surface area contributed by atoms with Crippen molar-refractivity contribution in [2.24, 2.45) is 0 Å². The Morgan fingerprint density at radius 3 is 2.60 bits per heavy atom. The molecule has 0 aliphatic rings. The summed E-state index contributed by atoms with van der Waals surface area (Å²) < 4.78 is 18.3. The molecule has 0 radical (unpaired) electrons. The second-order valence-corrected chi connectivity index (χ2v) is 5.60. The van der Waals surface area contributed by atoms with Gasteiger partial charge in [-0.3, -0.25) is 20.4 Å². The Morgan fingerprint density at radius 2 is 1.84 bits per heavy atom. The molecule has 25 heavy (non-hydrogen) atoms. The summed E-state index contributed by atoms with van der Waals surface area (Å²) >= 11 is 5.88. The molecule has 0 atom stereocenters. The lowest BCUT2D eigenvalue weighted by molar-refractivity contribution is 0.0842. The molecule has 128 valence electrons. The third-order valence-corrected chi connectivity index (χ3v) is 3.76. The zero-order valence-corrected chi connectivity index (χ0v) is 13.8. The highest BCUT2D eigenvalue weighted by Gasteiger charge is 2.15. The quantitative estimate of drug-likeness (QED) is 0.627. The molecule has 2 amide bonds. The summed E-state index contributed by atoms with van der Waals surface area (Å²) in [5.74, 6) is -1.25. The number of hydrogen-bond donors (Lipinski definition) is 3. The number of carbonyl (C=O) groups is 2. The van der Waals surface area contributed by atoms with Gasteiger partial charge in [0.25, 0.3) is 11.8 Å². The van der Waals surface area contributed by atoms with Crippen LogP contribution < -0.4 is 15.6 Å². The largest absolute Gasteiger partial charge is 0.496 e. The molecular formula is C17H13ClFN3O3. The number of halogens is 2. The number of benzene rings is 2. The maximum absolute atomic E-state index is 13.2. The third kappa shape index (κ3) is 3.56. The van der Waals surface area contributed by atoms with Crippen LogP contribution in [0, 0.1) is 5.82 Å². The first kappa shape index (κ1) is 16.8. The van der Waals surface area contributed by atoms with Gasteiger partial charge >= 0.3 is 0 Å². The number of carbonyl (C=O) groups excluding carboxylic acids is 2. The van der Waals surface area contributed by atoms with Crippen molar-refractivity contribution < 1.29 is 18.7 Å². The Morgan fingerprint density at radius 1 is 1.08 bits per heavy atom. The maximum atomic E-state index is 13.2. The lowest BCUT2D eigenvalue weighted by Gasteiger charge is -2.10. The minimum Gasteiger partial charge on any atom is -0.496 e. The summed E-state index contributed by atoms with van der Waals surface area (Å²) in [6.45, 7) is 0. The standard InChI is InChI=1S/C17H13ClFN3O3/c1-25-15-5-2-10(18)8-12(15)16(23)21-22-17(24)14-7-9-6-11(19)3-4-13(9)20-14/h2-8,20H,1H3,(H,21,23)(H,22,24). The van der Waals surface area contributed by atoms with Gasteiger partial charge in [0.05, 0.1) is 12.7 Å². The van der Waals surface area contributed by atoms with Crippen LogP contribution in [0.3, 0.4) is 0 Å². The first-order valence-electron chi connectivity index (χ1n) is 7.20. The molecule has 8 heteroatoms. The number of rotatable bonds is 3. The van der Waals surface area contributed by atoms with Crippen LogP contribution in [0.5, 0.6) is 5.75 Å². The number of amides is 2. The fourth-order valence-corrected chi connectivity index (χ4v) is 2.50. The van der Waals surface area contributed by atoms with E-state index in [1.807, 2.05) is 0 Å². The van der Waals surface area contributed by atoms with Crippen molar-refractivity contribution >= 4 is 34.3 Å². The van der Waals surface area contributed by atoms with Gasteiger partial charge in [0, 0.05) is 15.9 Å². The number of aromatic nitrogens is 1. The lowest BCUT2D eigenvalue weighted by Crippen LogP contribution is -2.41. The number of H-pyrrole nitrogens is 1. The second kappa shape index (κ2) is 6.82. The molecular weight excluding hydrogens is 349 g/mol. The highest BCUT2D eigenvalue weighted by molar-refractivity contribution is 6.31. The molecule has 0 aliphatic heterocycles. The predicted molar refractivity (Wildman–Crippen MR) is 91.2 cm³/mol. The minimum atomic E-state index is -0.588. The Balaban J connectivity index is 1.73. The van der Waals surface area contributed by atoms with Crippen LogP contribution in [0.15, 0.2) is 42.5 Å². The van der Waals surface area contributed by atoms with E-state index in [2.05, 4.69) is 15.8 Å². The molecule has 0 fully saturated rings. The van der Waals surface area contributed by atoms with E-state index in [-0.39, 0.29) is 11.3 Å². The topological polar surface area (TPSA) is 83.2 Å². The Hall–Kier alpha value is -3.06. The molecule has 1 heterocycles. The Labute approximate surface area is 146 Å². The van der Waals surface area contributed by atoms with Crippen molar-refractivity contribution in [3.63, 3.8) is 0 Å². The first-order chi connectivity index (χ1) is 12.0. The van der Waals surface area contributed by atoms with E-state index in [9.17, 15) is 14.0 Å². The summed E-state index contributed by atoms with van der Waals surface area (Å²) in [5, 5.41) is 0.905. The van der Waals surface area contributed by atoms with Crippen molar-refractivity contribution in [3.8, 4) is 5.75 Å². The highest BCUT2D eigenvalue weighted by Crippen LogP contribution is 2.22. The molecule has 3 N–H and O–H groups in total. The van der Waals surface area contributed by atoms with Crippen molar-refractivity contribution in [1.29, 1.82) is 0 Å². The van der Waals surface area contributed by atoms with Crippen molar-refractivity contribution in [2.45, 2.75) is 0 Å². The number of fused-ring (bicyclic) bond motifs is 1. The monoisotopic (exact) mass is 361 g/mol. The van der Waals surface area contributed by atoms with Gasteiger partial charge in [0.1, 0.15) is 17.3 Å². The van der Waals surface area contributed by atoms with Gasteiger partial charge in [-0.15, -0.1) is 0 Å². The second-order valence-electron chi connectivity index (χ2n) is 5.17. The molecule has 0 unspecified atom stereocenters. The van der Waals surface area contributed by atoms with Crippen molar-refractivity contribution in [3.05, 3.63) is 64.6 Å². The molecule has 3 aromatic rings. The molecule has 0 saturated heterocycles. The van der Waals surface area contributed by atoms with Crippen LogP contribution in [-0.4, -0.2) is 23.9 Å². The average Bonchev–Trinajstić information content (AvgIpc) is 3.02. The lowest BCUT2D eigenvalue weighted by atomic mass is 10.2. The molecule has 1 aromatic heterocycles. The molecule has 0 saturated carbocycles. The van der Waals surface area contributed by atoms with Crippen LogP contribution in [-0.2, 0) is 0 Å². The number of nitrogens with one attached hydrogen (secondary N) is 3. The Kier molecular flexibility index (Phi) is 4.58. The van der Waals surface area contributed by atoms with E-state index < -0.39 is 17.6 Å². The van der Waals surface area contributed by atoms with Gasteiger partial charge in [-0.2, -0.15) is 0 Å². The summed E-state index contributed by atoms with van der Waals surface area (Å²) in [7, 11) is 1.42. The van der Waals surface area contributed by atoms with Gasteiger partial charge in [-0.25, -0.2) is 4.39 Å². The molecule has 0 bridgehead atoms. The fraction of sp³-hybridized carbons (Fsp3) is 0.0588. The predicted octanol–water partition coefficient (Wildman–Crippen LogP) is 3.04. The number of hydrazine groups is 1. The van der Waals surface area contributed by atoms with Crippen molar-refractivity contribution in [2.75, 3.05) is 7.11 Å². The zero-order chi connectivity index (χ0) is 18.0. The van der Waals surface area contributed by atoms with Gasteiger partial charge in [-0.05, 0) is 42.5 Å². The maximum Gasteiger partial charge on any atom is 0.286 e. The molecule has 6 nitrogen and oxygen atoms in total. The van der Waals surface area contributed by atoms with E-state index >= 15 is 0 Å². The molecule has 3 rings (SSSR count). The van der Waals surface area contributed by atoms with Crippen LogP contribution in [0.1, 0.15) is 20.8 Å². The summed E-state index contributed by atoms with van der Waals surface area (Å²) in [5.41, 5.74) is 5.53. The average molecular weight is 362 g/mol. The summed E-state index contributed by atoms with van der Waals surface area (Å²) in [6, 6.07) is 10.2. The smallest absolute Gasteiger partial charge is 0.286 e.